The zero-order valence-corrected chi connectivity index (χ0v) is 18.0. The number of nitrogens with zero attached hydrogens (tertiary/aromatic N) is 3. The van der Waals surface area contributed by atoms with E-state index in [2.05, 4.69) is 4.98 Å². The third kappa shape index (κ3) is 3.33. The molecule has 0 aliphatic rings. The number of ether oxygens (including phenoxy) is 1. The summed E-state index contributed by atoms with van der Waals surface area (Å²) in [7, 11) is 1.60. The number of hydrogen-bond acceptors (Lipinski definition) is 3. The molecule has 0 bridgehead atoms. The average molecular weight is 448 g/mol. The lowest BCUT2D eigenvalue weighted by Gasteiger charge is -2.12. The SMILES string of the molecule is COc1ccccc1Cn1cnc2c3ccccc3n(Cc3c(F)cccc3Cl)c2c1=O. The first kappa shape index (κ1) is 20.3. The van der Waals surface area contributed by atoms with Crippen LogP contribution in [0.5, 0.6) is 5.75 Å². The molecule has 0 fully saturated rings. The molecule has 5 rings (SSSR count). The molecule has 7 heteroatoms. The van der Waals surface area contributed by atoms with Gasteiger partial charge in [-0.15, -0.1) is 0 Å². The van der Waals surface area contributed by atoms with Gasteiger partial charge in [0.05, 0.1) is 32.0 Å². The predicted molar refractivity (Wildman–Crippen MR) is 124 cm³/mol. The molecule has 0 radical (unpaired) electrons. The molecule has 0 saturated heterocycles. The topological polar surface area (TPSA) is 49.0 Å². The number of halogens is 2. The Kier molecular flexibility index (Phi) is 5.15. The Labute approximate surface area is 188 Å². The quantitative estimate of drug-likeness (QED) is 0.370. The maximum absolute atomic E-state index is 14.6. The van der Waals surface area contributed by atoms with E-state index in [0.29, 0.717) is 33.9 Å². The number of methoxy groups -OCH3 is 1. The van der Waals surface area contributed by atoms with Gasteiger partial charge in [0.15, 0.2) is 0 Å². The molecule has 0 atom stereocenters. The van der Waals surface area contributed by atoms with Gasteiger partial charge in [0.1, 0.15) is 22.6 Å². The van der Waals surface area contributed by atoms with Crippen LogP contribution in [0, 0.1) is 5.82 Å². The van der Waals surface area contributed by atoms with Crippen LogP contribution in [-0.2, 0) is 13.1 Å². The molecule has 0 aliphatic carbocycles. The van der Waals surface area contributed by atoms with Gasteiger partial charge in [-0.25, -0.2) is 9.37 Å². The summed E-state index contributed by atoms with van der Waals surface area (Å²) >= 11 is 6.29. The van der Waals surface area contributed by atoms with Gasteiger partial charge < -0.3 is 9.30 Å². The van der Waals surface area contributed by atoms with Gasteiger partial charge in [-0.3, -0.25) is 9.36 Å². The largest absolute Gasteiger partial charge is 0.496 e. The Morgan fingerprint density at radius 3 is 2.59 bits per heavy atom. The van der Waals surface area contributed by atoms with Crippen molar-refractivity contribution in [3.8, 4) is 5.75 Å². The number of hydrogen-bond donors (Lipinski definition) is 0. The van der Waals surface area contributed by atoms with Crippen molar-refractivity contribution in [2.75, 3.05) is 7.11 Å². The van der Waals surface area contributed by atoms with E-state index in [1.54, 1.807) is 34.7 Å². The molecule has 5 nitrogen and oxygen atoms in total. The van der Waals surface area contributed by atoms with Crippen molar-refractivity contribution in [3.05, 3.63) is 105 Å². The molecular weight excluding hydrogens is 429 g/mol. The fraction of sp³-hybridized carbons (Fsp3) is 0.120. The summed E-state index contributed by atoms with van der Waals surface area (Å²) in [6, 6.07) is 19.7. The highest BCUT2D eigenvalue weighted by Gasteiger charge is 2.19. The number of para-hydroxylation sites is 2. The number of fused-ring (bicyclic) bond motifs is 3. The van der Waals surface area contributed by atoms with Crippen LogP contribution < -0.4 is 10.3 Å². The summed E-state index contributed by atoms with van der Waals surface area (Å²) in [5.74, 6) is 0.278. The molecule has 0 unspecified atom stereocenters. The van der Waals surface area contributed by atoms with Crippen LogP contribution in [0.1, 0.15) is 11.1 Å². The zero-order chi connectivity index (χ0) is 22.2. The van der Waals surface area contributed by atoms with E-state index in [0.717, 1.165) is 16.5 Å². The van der Waals surface area contributed by atoms with E-state index in [1.807, 2.05) is 48.5 Å². The average Bonchev–Trinajstić information content (AvgIpc) is 3.13. The van der Waals surface area contributed by atoms with E-state index >= 15 is 0 Å². The molecule has 160 valence electrons. The Hall–Kier alpha value is -3.64. The van der Waals surface area contributed by atoms with E-state index in [4.69, 9.17) is 16.3 Å². The highest BCUT2D eigenvalue weighted by molar-refractivity contribution is 6.31. The highest BCUT2D eigenvalue weighted by Crippen LogP contribution is 2.29. The Morgan fingerprint density at radius 2 is 1.78 bits per heavy atom. The van der Waals surface area contributed by atoms with Crippen LogP contribution >= 0.6 is 11.6 Å². The van der Waals surface area contributed by atoms with Gasteiger partial charge in [0.2, 0.25) is 0 Å². The van der Waals surface area contributed by atoms with Crippen molar-refractivity contribution >= 4 is 33.5 Å². The van der Waals surface area contributed by atoms with Crippen molar-refractivity contribution in [1.82, 2.24) is 14.1 Å². The van der Waals surface area contributed by atoms with E-state index in [-0.39, 0.29) is 12.1 Å². The molecule has 2 aromatic heterocycles. The lowest BCUT2D eigenvalue weighted by atomic mass is 10.2. The van der Waals surface area contributed by atoms with Crippen LogP contribution in [0.15, 0.2) is 77.9 Å². The molecule has 0 aliphatic heterocycles. The van der Waals surface area contributed by atoms with Gasteiger partial charge in [-0.2, -0.15) is 0 Å². The zero-order valence-electron chi connectivity index (χ0n) is 17.3. The van der Waals surface area contributed by atoms with Gasteiger partial charge in [0, 0.05) is 21.5 Å². The van der Waals surface area contributed by atoms with Gasteiger partial charge in [-0.1, -0.05) is 54.1 Å². The minimum atomic E-state index is -0.415. The molecule has 0 saturated carbocycles. The Morgan fingerprint density at radius 1 is 1.00 bits per heavy atom. The summed E-state index contributed by atoms with van der Waals surface area (Å²) in [6.07, 6.45) is 1.55. The van der Waals surface area contributed by atoms with Crippen LogP contribution in [0.25, 0.3) is 21.9 Å². The minimum Gasteiger partial charge on any atom is -0.496 e. The first-order valence-corrected chi connectivity index (χ1v) is 10.5. The van der Waals surface area contributed by atoms with E-state index in [9.17, 15) is 9.18 Å². The predicted octanol–water partition coefficient (Wildman–Crippen LogP) is 5.25. The van der Waals surface area contributed by atoms with Gasteiger partial charge >= 0.3 is 0 Å². The molecular formula is C25H19ClFN3O2. The smallest absolute Gasteiger partial charge is 0.278 e. The maximum atomic E-state index is 14.6. The fourth-order valence-electron chi connectivity index (χ4n) is 4.08. The molecule has 32 heavy (non-hydrogen) atoms. The Balaban J connectivity index is 1.73. The third-order valence-electron chi connectivity index (χ3n) is 5.64. The molecule has 2 heterocycles. The van der Waals surface area contributed by atoms with Crippen molar-refractivity contribution in [2.24, 2.45) is 0 Å². The highest BCUT2D eigenvalue weighted by atomic mass is 35.5. The minimum absolute atomic E-state index is 0.116. The first-order chi connectivity index (χ1) is 15.6. The summed E-state index contributed by atoms with van der Waals surface area (Å²) < 4.78 is 23.3. The number of benzene rings is 3. The van der Waals surface area contributed by atoms with Gasteiger partial charge in [0.25, 0.3) is 5.56 Å². The summed E-state index contributed by atoms with van der Waals surface area (Å²) in [5, 5.41) is 1.14. The van der Waals surface area contributed by atoms with Gasteiger partial charge in [-0.05, 0) is 24.3 Å². The monoisotopic (exact) mass is 447 g/mol. The summed E-state index contributed by atoms with van der Waals surface area (Å²) in [5.41, 5.74) is 2.75. The lowest BCUT2D eigenvalue weighted by molar-refractivity contribution is 0.408. The van der Waals surface area contributed by atoms with Crippen LogP contribution in [-0.4, -0.2) is 21.2 Å². The molecule has 5 aromatic rings. The second-order valence-electron chi connectivity index (χ2n) is 7.49. The Bertz CT molecular complexity index is 1500. The number of aromatic nitrogens is 3. The van der Waals surface area contributed by atoms with Crippen LogP contribution in [0.3, 0.4) is 0 Å². The molecule has 0 spiro atoms. The lowest BCUT2D eigenvalue weighted by Crippen LogP contribution is -2.23. The molecule has 0 N–H and O–H groups in total. The van der Waals surface area contributed by atoms with Crippen LogP contribution in [0.2, 0.25) is 5.02 Å². The fourth-order valence-corrected chi connectivity index (χ4v) is 4.31. The standard InChI is InChI=1S/C25H19ClFN3O2/c1-32-22-12-5-2-7-16(22)13-29-15-28-23-17-8-3-4-11-21(17)30(24(23)25(29)31)14-18-19(26)9-6-10-20(18)27/h2-12,15H,13-14H2,1H3. The van der Waals surface area contributed by atoms with E-state index < -0.39 is 5.82 Å². The normalized spacial score (nSPS) is 11.3. The van der Waals surface area contributed by atoms with Crippen molar-refractivity contribution in [3.63, 3.8) is 0 Å². The van der Waals surface area contributed by atoms with Crippen molar-refractivity contribution < 1.29 is 9.13 Å². The van der Waals surface area contributed by atoms with E-state index in [1.165, 1.54) is 6.07 Å². The number of rotatable bonds is 5. The molecule has 3 aromatic carbocycles. The van der Waals surface area contributed by atoms with Crippen molar-refractivity contribution in [2.45, 2.75) is 13.1 Å². The third-order valence-corrected chi connectivity index (χ3v) is 6.00. The van der Waals surface area contributed by atoms with Crippen LogP contribution in [0.4, 0.5) is 4.39 Å². The summed E-state index contributed by atoms with van der Waals surface area (Å²) in [4.78, 5) is 18.2. The summed E-state index contributed by atoms with van der Waals surface area (Å²) in [6.45, 7) is 0.416. The maximum Gasteiger partial charge on any atom is 0.278 e. The van der Waals surface area contributed by atoms with Crippen molar-refractivity contribution in [1.29, 1.82) is 0 Å². The first-order valence-electron chi connectivity index (χ1n) is 10.1. The second-order valence-corrected chi connectivity index (χ2v) is 7.90. The second kappa shape index (κ2) is 8.13. The molecule has 0 amide bonds.